The fraction of sp³-hybridized carbons (Fsp3) is 0.130. The van der Waals surface area contributed by atoms with Crippen LogP contribution in [-0.2, 0) is 21.7 Å². The van der Waals surface area contributed by atoms with Crippen molar-refractivity contribution >= 4 is 34.5 Å². The lowest BCUT2D eigenvalue weighted by Gasteiger charge is -2.36. The molecule has 0 aliphatic carbocycles. The van der Waals surface area contributed by atoms with Gasteiger partial charge in [0.1, 0.15) is 23.0 Å². The molecule has 156 valence electrons. The summed E-state index contributed by atoms with van der Waals surface area (Å²) < 4.78 is 12.3. The highest BCUT2D eigenvalue weighted by atomic mass is 127. The molecule has 31 heavy (non-hydrogen) atoms. The number of aromatic hydroxyl groups is 2. The maximum absolute atomic E-state index is 13.2. The number of carbonyl (C=O) groups is 2. The average molecular weight is 529 g/mol. The molecule has 5 rings (SSSR count). The lowest BCUT2D eigenvalue weighted by molar-refractivity contribution is -0.118. The van der Waals surface area contributed by atoms with Crippen LogP contribution in [0.25, 0.3) is 0 Å². The van der Waals surface area contributed by atoms with E-state index in [1.165, 1.54) is 24.3 Å². The van der Waals surface area contributed by atoms with Crippen molar-refractivity contribution in [1.29, 1.82) is 0 Å². The first-order valence-corrected chi connectivity index (χ1v) is 11.0. The molecule has 0 saturated carbocycles. The number of hydrogen-bond donors (Lipinski definition) is 3. The van der Waals surface area contributed by atoms with Crippen LogP contribution in [0.4, 0.5) is 0 Å². The van der Waals surface area contributed by atoms with Gasteiger partial charge in [-0.05, 0) is 29.8 Å². The molecule has 2 aliphatic heterocycles. The number of benzene rings is 3. The van der Waals surface area contributed by atoms with Gasteiger partial charge in [0, 0.05) is 35.4 Å². The van der Waals surface area contributed by atoms with Crippen molar-refractivity contribution in [2.45, 2.75) is 12.1 Å². The van der Waals surface area contributed by atoms with Gasteiger partial charge in [0.2, 0.25) is 5.91 Å². The number of fused-ring (bicyclic) bond motifs is 6. The van der Waals surface area contributed by atoms with Crippen molar-refractivity contribution in [3.8, 4) is 23.0 Å². The second-order valence-electron chi connectivity index (χ2n) is 7.28. The average Bonchev–Trinajstić information content (AvgIpc) is 3.05. The van der Waals surface area contributed by atoms with Crippen LogP contribution < -0.4 is 10.1 Å². The first kappa shape index (κ1) is 19.7. The minimum Gasteiger partial charge on any atom is -0.508 e. The van der Waals surface area contributed by atoms with Gasteiger partial charge in [0.15, 0.2) is 5.60 Å². The van der Waals surface area contributed by atoms with E-state index in [0.717, 1.165) is 0 Å². The van der Waals surface area contributed by atoms with E-state index < -0.39 is 11.6 Å². The van der Waals surface area contributed by atoms with Gasteiger partial charge in [0.25, 0.3) is 0 Å². The molecule has 3 N–H and O–H groups in total. The summed E-state index contributed by atoms with van der Waals surface area (Å²) in [5, 5.41) is 22.8. The molecule has 0 aromatic heterocycles. The fourth-order valence-corrected chi connectivity index (χ4v) is 4.47. The van der Waals surface area contributed by atoms with Crippen LogP contribution in [0.1, 0.15) is 32.6 Å². The minimum atomic E-state index is -1.31. The monoisotopic (exact) mass is 529 g/mol. The number of esters is 1. The maximum atomic E-state index is 13.2. The predicted molar refractivity (Wildman–Crippen MR) is 119 cm³/mol. The van der Waals surface area contributed by atoms with Crippen molar-refractivity contribution in [2.24, 2.45) is 0 Å². The van der Waals surface area contributed by atoms with E-state index in [9.17, 15) is 19.8 Å². The van der Waals surface area contributed by atoms with Crippen molar-refractivity contribution in [2.75, 3.05) is 4.43 Å². The normalized spacial score (nSPS) is 14.8. The van der Waals surface area contributed by atoms with Gasteiger partial charge in [0.05, 0.1) is 9.99 Å². The third-order valence-corrected chi connectivity index (χ3v) is 6.18. The van der Waals surface area contributed by atoms with Gasteiger partial charge in [-0.3, -0.25) is 4.79 Å². The van der Waals surface area contributed by atoms with Crippen LogP contribution in [0.3, 0.4) is 0 Å². The lowest BCUT2D eigenvalue weighted by atomic mass is 9.77. The Bertz CT molecular complexity index is 1200. The molecule has 2 heterocycles. The van der Waals surface area contributed by atoms with E-state index in [4.69, 9.17) is 9.47 Å². The van der Waals surface area contributed by atoms with Crippen LogP contribution in [0.15, 0.2) is 54.6 Å². The Kier molecular flexibility index (Phi) is 4.54. The molecule has 2 aliphatic rings. The summed E-state index contributed by atoms with van der Waals surface area (Å²) in [4.78, 5) is 24.9. The van der Waals surface area contributed by atoms with Crippen LogP contribution in [0.5, 0.6) is 23.0 Å². The highest BCUT2D eigenvalue weighted by Crippen LogP contribution is 2.57. The number of rotatable bonds is 3. The topological polar surface area (TPSA) is 105 Å². The Morgan fingerprint density at radius 2 is 1.61 bits per heavy atom. The maximum Gasteiger partial charge on any atom is 0.340 e. The molecule has 0 atom stereocenters. The van der Waals surface area contributed by atoms with E-state index in [-0.39, 0.29) is 24.0 Å². The number of carbonyl (C=O) groups excluding carboxylic acids is 2. The zero-order chi connectivity index (χ0) is 21.8. The molecule has 0 radical (unpaired) electrons. The molecule has 3 aromatic carbocycles. The Morgan fingerprint density at radius 3 is 2.23 bits per heavy atom. The highest BCUT2D eigenvalue weighted by molar-refractivity contribution is 14.1. The first-order valence-electron chi connectivity index (χ1n) is 9.47. The second kappa shape index (κ2) is 7.16. The molecule has 7 nitrogen and oxygen atoms in total. The molecule has 0 fully saturated rings. The summed E-state index contributed by atoms with van der Waals surface area (Å²) in [7, 11) is 0. The quantitative estimate of drug-likeness (QED) is 0.272. The minimum absolute atomic E-state index is 0.00249. The van der Waals surface area contributed by atoms with Gasteiger partial charge >= 0.3 is 5.97 Å². The smallest absolute Gasteiger partial charge is 0.340 e. The van der Waals surface area contributed by atoms with E-state index >= 15 is 0 Å². The van der Waals surface area contributed by atoms with Crippen molar-refractivity contribution in [3.63, 3.8) is 0 Å². The molecule has 0 bridgehead atoms. The SMILES string of the molecule is O=C(CI)NCc1cccc2c1C(=O)OC21c2ccc(O)cc2Oc2cc(O)ccc21. The predicted octanol–water partition coefficient (Wildman–Crippen LogP) is 3.72. The van der Waals surface area contributed by atoms with Crippen LogP contribution in [-0.4, -0.2) is 26.5 Å². The number of phenolic OH excluding ortho intramolecular Hbond substituents is 2. The highest BCUT2D eigenvalue weighted by Gasteiger charge is 2.54. The molecule has 0 saturated heterocycles. The van der Waals surface area contributed by atoms with E-state index in [1.54, 1.807) is 18.2 Å². The summed E-state index contributed by atoms with van der Waals surface area (Å²) in [5.74, 6) is -0.0133. The number of halogens is 1. The van der Waals surface area contributed by atoms with Crippen molar-refractivity contribution in [3.05, 3.63) is 82.4 Å². The Morgan fingerprint density at radius 1 is 0.968 bits per heavy atom. The van der Waals surface area contributed by atoms with Crippen LogP contribution in [0.2, 0.25) is 0 Å². The number of amides is 1. The Labute approximate surface area is 190 Å². The number of nitrogens with one attached hydrogen (secondary N) is 1. The second-order valence-corrected chi connectivity index (χ2v) is 8.05. The Hall–Kier alpha value is -3.27. The molecule has 1 amide bonds. The largest absolute Gasteiger partial charge is 0.508 e. The molecule has 1 spiro atoms. The van der Waals surface area contributed by atoms with E-state index in [1.807, 2.05) is 34.7 Å². The lowest BCUT2D eigenvalue weighted by Crippen LogP contribution is -2.32. The van der Waals surface area contributed by atoms with Crippen molar-refractivity contribution < 1.29 is 29.3 Å². The number of alkyl halides is 1. The summed E-state index contributed by atoms with van der Waals surface area (Å²) in [6, 6.07) is 14.6. The zero-order valence-corrected chi connectivity index (χ0v) is 18.2. The third-order valence-electron chi connectivity index (χ3n) is 5.49. The van der Waals surface area contributed by atoms with Crippen LogP contribution >= 0.6 is 22.6 Å². The van der Waals surface area contributed by atoms with Gasteiger partial charge in [-0.1, -0.05) is 40.8 Å². The Balaban J connectivity index is 1.76. The van der Waals surface area contributed by atoms with Gasteiger partial charge < -0.3 is 25.0 Å². The fourth-order valence-electron chi connectivity index (χ4n) is 4.20. The van der Waals surface area contributed by atoms with E-state index in [2.05, 4.69) is 5.32 Å². The van der Waals surface area contributed by atoms with Gasteiger partial charge in [-0.2, -0.15) is 0 Å². The van der Waals surface area contributed by atoms with Crippen molar-refractivity contribution in [1.82, 2.24) is 5.32 Å². The molecular weight excluding hydrogens is 513 g/mol. The first-order chi connectivity index (χ1) is 14.9. The van der Waals surface area contributed by atoms with E-state index in [0.29, 0.717) is 43.7 Å². The number of ether oxygens (including phenoxy) is 2. The standard InChI is InChI=1S/C23H16INO6/c24-10-20(28)25-11-12-2-1-3-17-21(12)22(29)31-23(17)15-6-4-13(26)8-18(15)30-19-9-14(27)5-7-16(19)23/h1-9,26-27H,10-11H2,(H,25,28). The molecule has 8 heteroatoms. The summed E-state index contributed by atoms with van der Waals surface area (Å²) in [5.41, 5.74) is 1.45. The molecular formula is C23H16INO6. The van der Waals surface area contributed by atoms with Gasteiger partial charge in [-0.15, -0.1) is 0 Å². The number of hydrogen-bond acceptors (Lipinski definition) is 6. The third kappa shape index (κ3) is 2.93. The number of phenols is 2. The van der Waals surface area contributed by atoms with Crippen LogP contribution in [0, 0.1) is 0 Å². The van der Waals surface area contributed by atoms with Gasteiger partial charge in [-0.25, -0.2) is 4.79 Å². The summed E-state index contributed by atoms with van der Waals surface area (Å²) in [6.07, 6.45) is 0. The zero-order valence-electron chi connectivity index (χ0n) is 16.0. The molecule has 0 unspecified atom stereocenters. The summed E-state index contributed by atoms with van der Waals surface area (Å²) >= 11 is 1.97. The summed E-state index contributed by atoms with van der Waals surface area (Å²) in [6.45, 7) is 0.192. The molecule has 3 aromatic rings.